The van der Waals surface area contributed by atoms with E-state index in [9.17, 15) is 4.79 Å². The van der Waals surface area contributed by atoms with Crippen molar-refractivity contribution >= 4 is 38.9 Å². The van der Waals surface area contributed by atoms with Crippen molar-refractivity contribution in [1.82, 2.24) is 10.4 Å². The number of carbonyl (C=O) groups excluding carboxylic acids is 1. The monoisotopic (exact) mass is 330 g/mol. The van der Waals surface area contributed by atoms with Crippen molar-refractivity contribution in [3.05, 3.63) is 22.2 Å². The lowest BCUT2D eigenvalue weighted by Gasteiger charge is -2.03. The number of nitrogens with one attached hydrogen (secondary N) is 1. The Hall–Kier alpha value is -1.95. The zero-order valence-electron chi connectivity index (χ0n) is 13.6. The molecule has 1 aliphatic carbocycles. The number of hydrogen-bond donors (Lipinski definition) is 2. The molecule has 0 saturated heterocycles. The fourth-order valence-corrected chi connectivity index (χ4v) is 4.17. The second-order valence-corrected chi connectivity index (χ2v) is 7.14. The Balaban J connectivity index is 1.85. The largest absolute Gasteiger partial charge is 0.397 e. The molecule has 122 valence electrons. The lowest BCUT2D eigenvalue weighted by molar-refractivity contribution is 0.0959. The second kappa shape index (κ2) is 6.66. The summed E-state index contributed by atoms with van der Waals surface area (Å²) in [4.78, 5) is 18.2. The number of aromatic nitrogens is 1. The number of nitrogens with two attached hydrogens (primary N) is 1. The molecule has 2 aromatic heterocycles. The predicted molar refractivity (Wildman–Crippen MR) is 96.1 cm³/mol. The first-order valence-electron chi connectivity index (χ1n) is 8.08. The maximum atomic E-state index is 12.4. The zero-order valence-corrected chi connectivity index (χ0v) is 14.4. The van der Waals surface area contributed by atoms with Crippen LogP contribution in [-0.4, -0.2) is 16.6 Å². The summed E-state index contributed by atoms with van der Waals surface area (Å²) in [6, 6.07) is 1.98. The van der Waals surface area contributed by atoms with Crippen molar-refractivity contribution in [2.75, 3.05) is 5.73 Å². The molecule has 3 rings (SSSR count). The van der Waals surface area contributed by atoms with Gasteiger partial charge in [-0.25, -0.2) is 10.4 Å². The van der Waals surface area contributed by atoms with Crippen LogP contribution in [0.4, 0.5) is 5.69 Å². The highest BCUT2D eigenvalue weighted by molar-refractivity contribution is 7.21. The van der Waals surface area contributed by atoms with Crippen LogP contribution in [0.15, 0.2) is 11.2 Å². The number of fused-ring (bicyclic) bond motifs is 1. The van der Waals surface area contributed by atoms with Gasteiger partial charge in [0.15, 0.2) is 0 Å². The molecule has 1 aliphatic rings. The molecule has 0 unspecified atom stereocenters. The Bertz CT molecular complexity index is 768. The van der Waals surface area contributed by atoms with E-state index >= 15 is 0 Å². The minimum absolute atomic E-state index is 0.237. The van der Waals surface area contributed by atoms with Gasteiger partial charge in [0.2, 0.25) is 0 Å². The summed E-state index contributed by atoms with van der Waals surface area (Å²) in [6.45, 7) is 3.94. The molecule has 2 aromatic rings. The first-order chi connectivity index (χ1) is 11.1. The van der Waals surface area contributed by atoms with Gasteiger partial charge in [-0.15, -0.1) is 11.3 Å². The van der Waals surface area contributed by atoms with Gasteiger partial charge in [0.1, 0.15) is 9.71 Å². The van der Waals surface area contributed by atoms with E-state index in [1.54, 1.807) is 0 Å². The van der Waals surface area contributed by atoms with Crippen molar-refractivity contribution in [1.29, 1.82) is 0 Å². The number of nitrogens with zero attached hydrogens (tertiary/aromatic N) is 2. The Kier molecular flexibility index (Phi) is 4.61. The van der Waals surface area contributed by atoms with Crippen LogP contribution in [-0.2, 0) is 0 Å². The number of hydrogen-bond acceptors (Lipinski definition) is 5. The maximum absolute atomic E-state index is 12.4. The molecule has 3 N–H and O–H groups in total. The zero-order chi connectivity index (χ0) is 16.4. The first kappa shape index (κ1) is 15.9. The molecule has 1 fully saturated rings. The number of carbonyl (C=O) groups is 1. The normalized spacial score (nSPS) is 15.5. The lowest BCUT2D eigenvalue weighted by Crippen LogP contribution is -2.19. The molecule has 0 bridgehead atoms. The fraction of sp³-hybridized carbons (Fsp3) is 0.471. The van der Waals surface area contributed by atoms with Gasteiger partial charge in [-0.05, 0) is 51.2 Å². The van der Waals surface area contributed by atoms with Crippen LogP contribution in [0, 0.1) is 13.8 Å². The van der Waals surface area contributed by atoms with Gasteiger partial charge in [-0.1, -0.05) is 12.8 Å². The minimum atomic E-state index is -0.237. The smallest absolute Gasteiger partial charge is 0.283 e. The highest BCUT2D eigenvalue weighted by Crippen LogP contribution is 2.34. The highest BCUT2D eigenvalue weighted by Gasteiger charge is 2.19. The topological polar surface area (TPSA) is 80.4 Å². The van der Waals surface area contributed by atoms with Crippen molar-refractivity contribution < 1.29 is 4.79 Å². The van der Waals surface area contributed by atoms with Gasteiger partial charge in [0.05, 0.1) is 5.69 Å². The van der Waals surface area contributed by atoms with Crippen LogP contribution in [0.25, 0.3) is 10.2 Å². The highest BCUT2D eigenvalue weighted by atomic mass is 32.1. The molecule has 0 radical (unpaired) electrons. The molecule has 23 heavy (non-hydrogen) atoms. The van der Waals surface area contributed by atoms with Gasteiger partial charge in [-0.3, -0.25) is 4.79 Å². The number of amides is 1. The summed E-state index contributed by atoms with van der Waals surface area (Å²) < 4.78 is 0. The average molecular weight is 330 g/mol. The number of nitrogen functional groups attached to an aromatic ring is 1. The van der Waals surface area contributed by atoms with E-state index in [2.05, 4.69) is 15.5 Å². The Labute approximate surface area is 140 Å². The third-order valence-corrected chi connectivity index (χ3v) is 5.32. The van der Waals surface area contributed by atoms with E-state index in [4.69, 9.17) is 5.73 Å². The van der Waals surface area contributed by atoms with E-state index in [1.165, 1.54) is 24.2 Å². The van der Waals surface area contributed by atoms with Crippen LogP contribution < -0.4 is 11.2 Å². The summed E-state index contributed by atoms with van der Waals surface area (Å²) in [5.74, 6) is -0.237. The van der Waals surface area contributed by atoms with Gasteiger partial charge < -0.3 is 5.73 Å². The van der Waals surface area contributed by atoms with E-state index in [0.29, 0.717) is 10.6 Å². The third kappa shape index (κ3) is 3.37. The lowest BCUT2D eigenvalue weighted by atomic mass is 10.1. The quantitative estimate of drug-likeness (QED) is 0.646. The summed E-state index contributed by atoms with van der Waals surface area (Å²) in [7, 11) is 0. The summed E-state index contributed by atoms with van der Waals surface area (Å²) in [5.41, 5.74) is 12.4. The van der Waals surface area contributed by atoms with Crippen molar-refractivity contribution in [3.63, 3.8) is 0 Å². The predicted octanol–water partition coefficient (Wildman–Crippen LogP) is 3.94. The molecule has 1 amide bonds. The molecule has 5 nitrogen and oxygen atoms in total. The van der Waals surface area contributed by atoms with Crippen molar-refractivity contribution in [2.45, 2.75) is 52.4 Å². The Morgan fingerprint density at radius 2 is 1.96 bits per heavy atom. The number of anilines is 1. The molecule has 2 heterocycles. The number of aryl methyl sites for hydroxylation is 2. The number of thiophene rings is 1. The molecule has 0 atom stereocenters. The second-order valence-electron chi connectivity index (χ2n) is 6.14. The van der Waals surface area contributed by atoms with E-state index in [0.717, 1.165) is 52.9 Å². The van der Waals surface area contributed by atoms with E-state index < -0.39 is 0 Å². The van der Waals surface area contributed by atoms with Crippen LogP contribution >= 0.6 is 11.3 Å². The Morgan fingerprint density at radius 3 is 2.65 bits per heavy atom. The van der Waals surface area contributed by atoms with Crippen molar-refractivity contribution in [2.24, 2.45) is 5.10 Å². The van der Waals surface area contributed by atoms with Crippen LogP contribution in [0.3, 0.4) is 0 Å². The molecule has 0 aromatic carbocycles. The molecular weight excluding hydrogens is 308 g/mol. The standard InChI is InChI=1S/C17H22N4OS/c1-10-9-11(2)19-17-13(10)14(18)15(23-17)16(22)21-20-12-7-5-3-4-6-8-12/h9H,3-8,18H2,1-2H3,(H,21,22). The van der Waals surface area contributed by atoms with E-state index in [-0.39, 0.29) is 5.91 Å². The molecule has 0 aliphatic heterocycles. The van der Waals surface area contributed by atoms with Gasteiger partial charge >= 0.3 is 0 Å². The van der Waals surface area contributed by atoms with Gasteiger partial charge in [0.25, 0.3) is 5.91 Å². The average Bonchev–Trinajstić information content (AvgIpc) is 2.70. The SMILES string of the molecule is Cc1cc(C)c2c(N)c(C(=O)NN=C3CCCCCC3)sc2n1. The molecule has 1 saturated carbocycles. The first-order valence-corrected chi connectivity index (χ1v) is 8.90. The summed E-state index contributed by atoms with van der Waals surface area (Å²) >= 11 is 1.33. The number of pyridine rings is 1. The summed E-state index contributed by atoms with van der Waals surface area (Å²) in [5, 5.41) is 5.20. The molecule has 0 spiro atoms. The number of hydrazone groups is 1. The minimum Gasteiger partial charge on any atom is -0.397 e. The third-order valence-electron chi connectivity index (χ3n) is 4.23. The number of rotatable bonds is 2. The van der Waals surface area contributed by atoms with E-state index in [1.807, 2.05) is 19.9 Å². The summed E-state index contributed by atoms with van der Waals surface area (Å²) in [6.07, 6.45) is 6.76. The maximum Gasteiger partial charge on any atom is 0.283 e. The molecule has 6 heteroatoms. The van der Waals surface area contributed by atoms with Crippen LogP contribution in [0.2, 0.25) is 0 Å². The van der Waals surface area contributed by atoms with Crippen molar-refractivity contribution in [3.8, 4) is 0 Å². The van der Waals surface area contributed by atoms with Crippen LogP contribution in [0.5, 0.6) is 0 Å². The molecular formula is C17H22N4OS. The van der Waals surface area contributed by atoms with Crippen LogP contribution in [0.1, 0.15) is 59.5 Å². The fourth-order valence-electron chi connectivity index (χ4n) is 3.07. The van der Waals surface area contributed by atoms with Gasteiger partial charge in [0, 0.05) is 16.8 Å². The Morgan fingerprint density at radius 1 is 1.26 bits per heavy atom. The van der Waals surface area contributed by atoms with Gasteiger partial charge in [-0.2, -0.15) is 5.10 Å².